The Kier molecular flexibility index (Phi) is 14.9. The zero-order chi connectivity index (χ0) is 9.07. The van der Waals surface area contributed by atoms with Crippen molar-refractivity contribution in [2.24, 2.45) is 0 Å². The maximum Gasteiger partial charge on any atom is 2.00 e. The Bertz CT molecular complexity index is 162. The van der Waals surface area contributed by atoms with Crippen molar-refractivity contribution in [2.75, 3.05) is 0 Å². The summed E-state index contributed by atoms with van der Waals surface area (Å²) in [5.74, 6) is 0. The molecular formula is C11H12CoO. The Balaban J connectivity index is 0. The zero-order valence-corrected chi connectivity index (χ0v) is 8.26. The summed E-state index contributed by atoms with van der Waals surface area (Å²) in [5, 5.41) is 0. The van der Waals surface area contributed by atoms with Crippen LogP contribution in [0.5, 0.6) is 0 Å². The molecule has 0 bridgehead atoms. The number of hydrogen-bond acceptors (Lipinski definition) is 1. The van der Waals surface area contributed by atoms with Gasteiger partial charge in [-0.2, -0.15) is 36.4 Å². The maximum atomic E-state index is 8.00. The Morgan fingerprint density at radius 2 is 0.923 bits per heavy atom. The van der Waals surface area contributed by atoms with Crippen LogP contribution in [-0.4, -0.2) is 6.79 Å². The van der Waals surface area contributed by atoms with Crippen LogP contribution in [0.25, 0.3) is 0 Å². The molecule has 2 aromatic carbocycles. The van der Waals surface area contributed by atoms with Gasteiger partial charge in [-0.25, -0.2) is 24.3 Å². The first-order chi connectivity index (χ1) is 6.00. The van der Waals surface area contributed by atoms with Crippen LogP contribution in [0, 0.1) is 0 Å². The van der Waals surface area contributed by atoms with Gasteiger partial charge in [0.25, 0.3) is 0 Å². The minimum Gasteiger partial charge on any atom is -0.307 e. The molecule has 0 heterocycles. The summed E-state index contributed by atoms with van der Waals surface area (Å²) in [6, 6.07) is 20.0. The Hall–Kier alpha value is -1.12. The molecule has 13 heavy (non-hydrogen) atoms. The molecule has 71 valence electrons. The van der Waals surface area contributed by atoms with Crippen molar-refractivity contribution < 1.29 is 21.6 Å². The molecule has 0 unspecified atom stereocenters. The number of carbonyl (C=O) groups excluding carboxylic acids is 1. The third-order valence-electron chi connectivity index (χ3n) is 1.11. The predicted molar refractivity (Wildman–Crippen MR) is 51.2 cm³/mol. The van der Waals surface area contributed by atoms with Gasteiger partial charge in [0.2, 0.25) is 0 Å². The molecule has 2 aromatic rings. The first-order valence-electron chi connectivity index (χ1n) is 3.62. The van der Waals surface area contributed by atoms with Crippen molar-refractivity contribution in [3.63, 3.8) is 0 Å². The molecule has 0 aromatic heterocycles. The molecule has 0 saturated heterocycles. The second-order valence-electron chi connectivity index (χ2n) is 1.92. The maximum absolute atomic E-state index is 8.00. The molecular weight excluding hydrogens is 207 g/mol. The van der Waals surface area contributed by atoms with Crippen LogP contribution >= 0.6 is 0 Å². The van der Waals surface area contributed by atoms with E-state index in [1.807, 2.05) is 67.5 Å². The molecule has 0 N–H and O–H groups in total. The molecule has 1 radical (unpaired) electrons. The van der Waals surface area contributed by atoms with E-state index in [0.29, 0.717) is 0 Å². The second kappa shape index (κ2) is 13.5. The largest absolute Gasteiger partial charge is 2.00 e. The van der Waals surface area contributed by atoms with Gasteiger partial charge in [-0.15, -0.1) is 0 Å². The summed E-state index contributed by atoms with van der Waals surface area (Å²) in [4.78, 5) is 8.00. The van der Waals surface area contributed by atoms with Gasteiger partial charge >= 0.3 is 16.8 Å². The van der Waals surface area contributed by atoms with E-state index in [1.54, 1.807) is 0 Å². The molecule has 0 aliphatic rings. The van der Waals surface area contributed by atoms with Gasteiger partial charge in [-0.05, 0) is 0 Å². The summed E-state index contributed by atoms with van der Waals surface area (Å²) in [7, 11) is 0. The van der Waals surface area contributed by atoms with E-state index >= 15 is 0 Å². The quantitative estimate of drug-likeness (QED) is 0.622. The zero-order valence-electron chi connectivity index (χ0n) is 7.22. The van der Waals surface area contributed by atoms with E-state index in [4.69, 9.17) is 4.79 Å². The van der Waals surface area contributed by atoms with E-state index in [0.717, 1.165) is 0 Å². The fourth-order valence-electron chi connectivity index (χ4n) is 0.642. The molecule has 2 rings (SSSR count). The van der Waals surface area contributed by atoms with E-state index < -0.39 is 0 Å². The van der Waals surface area contributed by atoms with Gasteiger partial charge in [0.05, 0.1) is 0 Å². The van der Waals surface area contributed by atoms with Crippen molar-refractivity contribution in [3.05, 3.63) is 60.7 Å². The van der Waals surface area contributed by atoms with E-state index in [-0.39, 0.29) is 16.8 Å². The van der Waals surface area contributed by atoms with Crippen molar-refractivity contribution in [3.8, 4) is 0 Å². The summed E-state index contributed by atoms with van der Waals surface area (Å²) in [5.41, 5.74) is 0. The third kappa shape index (κ3) is 10.9. The molecule has 2 heteroatoms. The van der Waals surface area contributed by atoms with Crippen molar-refractivity contribution in [2.45, 2.75) is 0 Å². The van der Waals surface area contributed by atoms with Gasteiger partial charge in [-0.3, -0.25) is 0 Å². The van der Waals surface area contributed by atoms with Gasteiger partial charge in [0, 0.05) is 0 Å². The summed E-state index contributed by atoms with van der Waals surface area (Å²) >= 11 is 0. The summed E-state index contributed by atoms with van der Waals surface area (Å²) in [6.45, 7) is 2.00. The van der Waals surface area contributed by atoms with Crippen molar-refractivity contribution in [1.29, 1.82) is 0 Å². The van der Waals surface area contributed by atoms with Crippen LogP contribution in [0.4, 0.5) is 0 Å². The fraction of sp³-hybridized carbons (Fsp3) is 0. The fourth-order valence-corrected chi connectivity index (χ4v) is 0.642. The van der Waals surface area contributed by atoms with Crippen LogP contribution in [-0.2, 0) is 21.6 Å². The average molecular weight is 219 g/mol. The number of carbonyl (C=O) groups is 1. The summed E-state index contributed by atoms with van der Waals surface area (Å²) in [6.07, 6.45) is 0. The van der Waals surface area contributed by atoms with Gasteiger partial charge in [0.1, 0.15) is 6.79 Å². The summed E-state index contributed by atoms with van der Waals surface area (Å²) < 4.78 is 0. The Labute approximate surface area is 89.3 Å². The van der Waals surface area contributed by atoms with E-state index in [2.05, 4.69) is 0 Å². The average Bonchev–Trinajstić information content (AvgIpc) is 2.87. The Morgan fingerprint density at radius 1 is 0.692 bits per heavy atom. The van der Waals surface area contributed by atoms with Crippen LogP contribution < -0.4 is 0 Å². The minimum atomic E-state index is 0. The standard InChI is InChI=1S/2C5H5.CH2O.Co/c2*1-2-4-5-3-1;1-2;/h2*1-5H;1H2;/q2*-1;;+2. The van der Waals surface area contributed by atoms with E-state index in [1.165, 1.54) is 0 Å². The molecule has 0 saturated carbocycles. The van der Waals surface area contributed by atoms with Gasteiger partial charge in [-0.1, -0.05) is 0 Å². The van der Waals surface area contributed by atoms with Crippen LogP contribution in [0.1, 0.15) is 0 Å². The second-order valence-corrected chi connectivity index (χ2v) is 1.92. The predicted octanol–water partition coefficient (Wildman–Crippen LogP) is 2.62. The molecule has 0 fully saturated rings. The van der Waals surface area contributed by atoms with Crippen LogP contribution in [0.15, 0.2) is 60.7 Å². The molecule has 0 spiro atoms. The monoisotopic (exact) mass is 219 g/mol. The first-order valence-corrected chi connectivity index (χ1v) is 3.62. The Morgan fingerprint density at radius 3 is 1.00 bits per heavy atom. The molecule has 0 amide bonds. The van der Waals surface area contributed by atoms with Crippen molar-refractivity contribution in [1.82, 2.24) is 0 Å². The SMILES string of the molecule is C=O.[Co+2].c1cc[cH-]c1.c1cc[cH-]c1. The first kappa shape index (κ1) is 14.4. The smallest absolute Gasteiger partial charge is 0.307 e. The van der Waals surface area contributed by atoms with Crippen LogP contribution in [0.3, 0.4) is 0 Å². The number of rotatable bonds is 0. The normalized spacial score (nSPS) is 6.46. The van der Waals surface area contributed by atoms with Crippen molar-refractivity contribution >= 4 is 6.79 Å². The van der Waals surface area contributed by atoms with E-state index in [9.17, 15) is 0 Å². The molecule has 0 aliphatic heterocycles. The molecule has 0 aliphatic carbocycles. The van der Waals surface area contributed by atoms with Gasteiger partial charge < -0.3 is 4.79 Å². The van der Waals surface area contributed by atoms with Gasteiger partial charge in [0.15, 0.2) is 0 Å². The third-order valence-corrected chi connectivity index (χ3v) is 1.11. The molecule has 0 atom stereocenters. The molecule has 1 nitrogen and oxygen atoms in total. The topological polar surface area (TPSA) is 17.1 Å². The minimum absolute atomic E-state index is 0. The van der Waals surface area contributed by atoms with Crippen LogP contribution in [0.2, 0.25) is 0 Å². The number of hydrogen-bond donors (Lipinski definition) is 0.